The van der Waals surface area contributed by atoms with Gasteiger partial charge in [0, 0.05) is 11.1 Å². The van der Waals surface area contributed by atoms with E-state index in [1.54, 1.807) is 12.1 Å². The lowest BCUT2D eigenvalue weighted by Gasteiger charge is -2.11. The van der Waals surface area contributed by atoms with Crippen LogP contribution in [0.25, 0.3) is 10.8 Å². The first-order valence-electron chi connectivity index (χ1n) is 7.33. The zero-order chi connectivity index (χ0) is 18.1. The van der Waals surface area contributed by atoms with Crippen molar-refractivity contribution >= 4 is 42.2 Å². The van der Waals surface area contributed by atoms with E-state index in [0.717, 1.165) is 17.0 Å². The van der Waals surface area contributed by atoms with E-state index in [-0.39, 0.29) is 4.90 Å². The van der Waals surface area contributed by atoms with Crippen molar-refractivity contribution in [2.45, 2.75) is 4.90 Å². The SMILES string of the molecule is CS(=O)(=O)Nc1ccc(S(=O)(=O)Nc2cccc3ccccc23)cc1. The summed E-state index contributed by atoms with van der Waals surface area (Å²) in [6.07, 6.45) is 1.03. The molecule has 0 aliphatic carbocycles. The molecule has 0 amide bonds. The van der Waals surface area contributed by atoms with Gasteiger partial charge in [-0.25, -0.2) is 16.8 Å². The van der Waals surface area contributed by atoms with Gasteiger partial charge in [-0.05, 0) is 35.7 Å². The van der Waals surface area contributed by atoms with E-state index in [0.29, 0.717) is 11.4 Å². The van der Waals surface area contributed by atoms with Gasteiger partial charge < -0.3 is 0 Å². The van der Waals surface area contributed by atoms with E-state index >= 15 is 0 Å². The van der Waals surface area contributed by atoms with Crippen LogP contribution in [0.3, 0.4) is 0 Å². The Balaban J connectivity index is 1.91. The van der Waals surface area contributed by atoms with Gasteiger partial charge in [0.05, 0.1) is 16.8 Å². The number of sulfonamides is 2. The largest absolute Gasteiger partial charge is 0.284 e. The summed E-state index contributed by atoms with van der Waals surface area (Å²) in [6, 6.07) is 18.3. The van der Waals surface area contributed by atoms with Crippen LogP contribution in [0, 0.1) is 0 Å². The van der Waals surface area contributed by atoms with Crippen molar-refractivity contribution in [2.24, 2.45) is 0 Å². The minimum absolute atomic E-state index is 0.0412. The molecule has 25 heavy (non-hydrogen) atoms. The molecule has 0 aliphatic rings. The van der Waals surface area contributed by atoms with Gasteiger partial charge in [0.15, 0.2) is 0 Å². The van der Waals surface area contributed by atoms with Gasteiger partial charge >= 0.3 is 0 Å². The average Bonchev–Trinajstić information content (AvgIpc) is 2.54. The van der Waals surface area contributed by atoms with Gasteiger partial charge in [-0.3, -0.25) is 9.44 Å². The van der Waals surface area contributed by atoms with Crippen LogP contribution in [0.4, 0.5) is 11.4 Å². The first-order chi connectivity index (χ1) is 11.7. The van der Waals surface area contributed by atoms with Gasteiger partial charge in [-0.1, -0.05) is 36.4 Å². The molecule has 3 aromatic rings. The molecule has 130 valence electrons. The highest BCUT2D eigenvalue weighted by Crippen LogP contribution is 2.26. The second kappa shape index (κ2) is 6.38. The Morgan fingerprint density at radius 1 is 0.720 bits per heavy atom. The Bertz CT molecular complexity index is 1120. The van der Waals surface area contributed by atoms with Crippen LogP contribution in [0.5, 0.6) is 0 Å². The molecule has 0 fully saturated rings. The van der Waals surface area contributed by atoms with Crippen LogP contribution in [-0.4, -0.2) is 23.1 Å². The summed E-state index contributed by atoms with van der Waals surface area (Å²) in [5, 5.41) is 1.72. The van der Waals surface area contributed by atoms with E-state index in [2.05, 4.69) is 9.44 Å². The van der Waals surface area contributed by atoms with Crippen molar-refractivity contribution in [3.8, 4) is 0 Å². The summed E-state index contributed by atoms with van der Waals surface area (Å²) in [7, 11) is -7.21. The Labute approximate surface area is 146 Å². The molecule has 0 heterocycles. The normalized spacial score (nSPS) is 12.0. The minimum Gasteiger partial charge on any atom is -0.284 e. The summed E-state index contributed by atoms with van der Waals surface area (Å²) in [5.74, 6) is 0. The van der Waals surface area contributed by atoms with Crippen molar-refractivity contribution in [3.63, 3.8) is 0 Å². The topological polar surface area (TPSA) is 92.3 Å². The quantitative estimate of drug-likeness (QED) is 0.716. The third kappa shape index (κ3) is 4.09. The molecule has 0 atom stereocenters. The lowest BCUT2D eigenvalue weighted by Crippen LogP contribution is -2.14. The highest BCUT2D eigenvalue weighted by Gasteiger charge is 2.15. The number of hydrogen-bond donors (Lipinski definition) is 2. The third-order valence-electron chi connectivity index (χ3n) is 3.50. The molecule has 0 aliphatic heterocycles. The fraction of sp³-hybridized carbons (Fsp3) is 0.0588. The van der Waals surface area contributed by atoms with Crippen LogP contribution in [0.1, 0.15) is 0 Å². The van der Waals surface area contributed by atoms with Crippen LogP contribution >= 0.6 is 0 Å². The molecular formula is C17H16N2O4S2. The lowest BCUT2D eigenvalue weighted by molar-refractivity contribution is 0.601. The van der Waals surface area contributed by atoms with E-state index in [4.69, 9.17) is 0 Å². The van der Waals surface area contributed by atoms with Gasteiger partial charge in [-0.2, -0.15) is 0 Å². The zero-order valence-electron chi connectivity index (χ0n) is 13.3. The monoisotopic (exact) mass is 376 g/mol. The van der Waals surface area contributed by atoms with Gasteiger partial charge in [0.1, 0.15) is 0 Å². The molecular weight excluding hydrogens is 360 g/mol. The molecule has 6 nitrogen and oxygen atoms in total. The Morgan fingerprint density at radius 2 is 1.36 bits per heavy atom. The molecule has 0 unspecified atom stereocenters. The average molecular weight is 376 g/mol. The van der Waals surface area contributed by atoms with Crippen molar-refractivity contribution < 1.29 is 16.8 Å². The molecule has 3 aromatic carbocycles. The molecule has 0 saturated heterocycles. The second-order valence-corrected chi connectivity index (χ2v) is 8.96. The summed E-state index contributed by atoms with van der Waals surface area (Å²) < 4.78 is 52.5. The standard InChI is InChI=1S/C17H16N2O4S2/c1-24(20,21)18-14-9-11-15(12-10-14)25(22,23)19-17-8-4-6-13-5-2-3-7-16(13)17/h2-12,18-19H,1H3. The molecule has 0 aromatic heterocycles. The third-order valence-corrected chi connectivity index (χ3v) is 5.49. The second-order valence-electron chi connectivity index (χ2n) is 5.53. The van der Waals surface area contributed by atoms with Crippen molar-refractivity contribution in [1.82, 2.24) is 0 Å². The maximum atomic E-state index is 12.6. The van der Waals surface area contributed by atoms with E-state index in [1.807, 2.05) is 30.3 Å². The van der Waals surface area contributed by atoms with Crippen LogP contribution < -0.4 is 9.44 Å². The number of hydrogen-bond acceptors (Lipinski definition) is 4. The number of benzene rings is 3. The lowest BCUT2D eigenvalue weighted by atomic mass is 10.1. The highest BCUT2D eigenvalue weighted by atomic mass is 32.2. The first-order valence-corrected chi connectivity index (χ1v) is 10.7. The molecule has 8 heteroatoms. The number of anilines is 2. The first kappa shape index (κ1) is 17.2. The Kier molecular flexibility index (Phi) is 4.40. The maximum Gasteiger partial charge on any atom is 0.261 e. The summed E-state index contributed by atoms with van der Waals surface area (Å²) in [4.78, 5) is 0.0412. The fourth-order valence-electron chi connectivity index (χ4n) is 2.43. The Morgan fingerprint density at radius 3 is 2.04 bits per heavy atom. The predicted octanol–water partition coefficient (Wildman–Crippen LogP) is 3.01. The smallest absolute Gasteiger partial charge is 0.261 e. The molecule has 0 spiro atoms. The molecule has 2 N–H and O–H groups in total. The van der Waals surface area contributed by atoms with E-state index in [9.17, 15) is 16.8 Å². The minimum atomic E-state index is -3.79. The van der Waals surface area contributed by atoms with Crippen LogP contribution in [0.15, 0.2) is 71.6 Å². The summed E-state index contributed by atoms with van der Waals surface area (Å²) in [5.41, 5.74) is 0.781. The fourth-order valence-corrected chi connectivity index (χ4v) is 4.08. The van der Waals surface area contributed by atoms with Crippen LogP contribution in [-0.2, 0) is 20.0 Å². The molecule has 0 bridgehead atoms. The zero-order valence-corrected chi connectivity index (χ0v) is 14.9. The predicted molar refractivity (Wildman–Crippen MR) is 99.7 cm³/mol. The molecule has 0 saturated carbocycles. The van der Waals surface area contributed by atoms with Crippen molar-refractivity contribution in [2.75, 3.05) is 15.7 Å². The summed E-state index contributed by atoms with van der Waals surface area (Å²) in [6.45, 7) is 0. The Hall–Kier alpha value is -2.58. The molecule has 3 rings (SSSR count). The number of fused-ring (bicyclic) bond motifs is 1. The van der Waals surface area contributed by atoms with Gasteiger partial charge in [-0.15, -0.1) is 0 Å². The van der Waals surface area contributed by atoms with Crippen molar-refractivity contribution in [3.05, 3.63) is 66.7 Å². The summed E-state index contributed by atoms with van der Waals surface area (Å²) >= 11 is 0. The van der Waals surface area contributed by atoms with E-state index in [1.165, 1.54) is 24.3 Å². The maximum absolute atomic E-state index is 12.6. The van der Waals surface area contributed by atoms with E-state index < -0.39 is 20.0 Å². The highest BCUT2D eigenvalue weighted by molar-refractivity contribution is 7.92. The molecule has 0 radical (unpaired) electrons. The van der Waals surface area contributed by atoms with Gasteiger partial charge in [0.25, 0.3) is 10.0 Å². The van der Waals surface area contributed by atoms with Crippen molar-refractivity contribution in [1.29, 1.82) is 0 Å². The van der Waals surface area contributed by atoms with Gasteiger partial charge in [0.2, 0.25) is 10.0 Å². The number of rotatable bonds is 5. The van der Waals surface area contributed by atoms with Crippen LogP contribution in [0.2, 0.25) is 0 Å². The number of nitrogens with one attached hydrogen (secondary N) is 2.